The number of hydrogen-bond acceptors (Lipinski definition) is 5. The lowest BCUT2D eigenvalue weighted by atomic mass is 10.1. The molecule has 0 amide bonds. The van der Waals surface area contributed by atoms with Crippen LogP contribution in [0.3, 0.4) is 0 Å². The number of nitrogens with one attached hydrogen (secondary N) is 1. The van der Waals surface area contributed by atoms with E-state index in [0.717, 1.165) is 6.07 Å². The second-order valence-corrected chi connectivity index (χ2v) is 6.40. The Morgan fingerprint density at radius 1 is 1.43 bits per heavy atom. The SMILES string of the molecule is COc1ccc(S(=O)(=O)NCC(C)CCO)cc1C(=O)O. The van der Waals surface area contributed by atoms with Gasteiger partial charge in [-0.15, -0.1) is 0 Å². The van der Waals surface area contributed by atoms with E-state index in [0.29, 0.717) is 6.42 Å². The maximum absolute atomic E-state index is 12.1. The van der Waals surface area contributed by atoms with E-state index in [1.54, 1.807) is 6.92 Å². The summed E-state index contributed by atoms with van der Waals surface area (Å²) in [6.45, 7) is 1.95. The number of carboxylic acids is 1. The van der Waals surface area contributed by atoms with E-state index in [-0.39, 0.29) is 35.3 Å². The van der Waals surface area contributed by atoms with Gasteiger partial charge in [-0.3, -0.25) is 0 Å². The van der Waals surface area contributed by atoms with Gasteiger partial charge in [0.05, 0.1) is 12.0 Å². The van der Waals surface area contributed by atoms with Gasteiger partial charge in [-0.05, 0) is 30.5 Å². The zero-order chi connectivity index (χ0) is 16.0. The largest absolute Gasteiger partial charge is 0.496 e. The lowest BCUT2D eigenvalue weighted by Gasteiger charge is -2.13. The predicted molar refractivity (Wildman–Crippen MR) is 76.0 cm³/mol. The second-order valence-electron chi connectivity index (χ2n) is 4.64. The zero-order valence-electron chi connectivity index (χ0n) is 11.9. The Balaban J connectivity index is 2.98. The minimum atomic E-state index is -3.81. The second kappa shape index (κ2) is 7.39. The smallest absolute Gasteiger partial charge is 0.339 e. The number of rotatable bonds is 8. The highest BCUT2D eigenvalue weighted by molar-refractivity contribution is 7.89. The first-order valence-corrected chi connectivity index (χ1v) is 7.82. The van der Waals surface area contributed by atoms with Crippen molar-refractivity contribution in [1.82, 2.24) is 4.72 Å². The molecule has 0 spiro atoms. The molecule has 0 heterocycles. The van der Waals surface area contributed by atoms with Crippen LogP contribution in [0.4, 0.5) is 0 Å². The van der Waals surface area contributed by atoms with E-state index in [2.05, 4.69) is 4.72 Å². The fraction of sp³-hybridized carbons (Fsp3) is 0.462. The van der Waals surface area contributed by atoms with E-state index in [9.17, 15) is 13.2 Å². The van der Waals surface area contributed by atoms with Crippen molar-refractivity contribution in [3.05, 3.63) is 23.8 Å². The Morgan fingerprint density at radius 2 is 2.10 bits per heavy atom. The molecule has 21 heavy (non-hydrogen) atoms. The molecule has 1 aromatic carbocycles. The normalized spacial score (nSPS) is 12.9. The fourth-order valence-electron chi connectivity index (χ4n) is 1.68. The third-order valence-corrected chi connectivity index (χ3v) is 4.38. The molecule has 0 bridgehead atoms. The summed E-state index contributed by atoms with van der Waals surface area (Å²) in [6, 6.07) is 3.64. The number of benzene rings is 1. The molecule has 0 fully saturated rings. The van der Waals surface area contributed by atoms with Crippen LogP contribution >= 0.6 is 0 Å². The van der Waals surface area contributed by atoms with Gasteiger partial charge in [0.25, 0.3) is 0 Å². The lowest BCUT2D eigenvalue weighted by Crippen LogP contribution is -2.29. The van der Waals surface area contributed by atoms with Gasteiger partial charge in [0, 0.05) is 13.2 Å². The molecule has 1 unspecified atom stereocenters. The highest BCUT2D eigenvalue weighted by atomic mass is 32.2. The zero-order valence-corrected chi connectivity index (χ0v) is 12.7. The number of hydrogen-bond donors (Lipinski definition) is 3. The van der Waals surface area contributed by atoms with Crippen LogP contribution in [0, 0.1) is 5.92 Å². The van der Waals surface area contributed by atoms with Crippen molar-refractivity contribution in [2.75, 3.05) is 20.3 Å². The highest BCUT2D eigenvalue weighted by Crippen LogP contribution is 2.22. The van der Waals surface area contributed by atoms with Gasteiger partial charge in [-0.25, -0.2) is 17.9 Å². The van der Waals surface area contributed by atoms with Crippen LogP contribution in [0.5, 0.6) is 5.75 Å². The topological polar surface area (TPSA) is 113 Å². The molecule has 0 saturated carbocycles. The van der Waals surface area contributed by atoms with Gasteiger partial charge in [0.2, 0.25) is 10.0 Å². The van der Waals surface area contributed by atoms with Gasteiger partial charge in [0.15, 0.2) is 0 Å². The summed E-state index contributed by atoms with van der Waals surface area (Å²) in [5, 5.41) is 17.8. The Hall–Kier alpha value is -1.64. The van der Waals surface area contributed by atoms with Crippen LogP contribution in [-0.4, -0.2) is 44.9 Å². The monoisotopic (exact) mass is 317 g/mol. The van der Waals surface area contributed by atoms with Crippen molar-refractivity contribution in [2.24, 2.45) is 5.92 Å². The van der Waals surface area contributed by atoms with Crippen molar-refractivity contribution < 1.29 is 28.2 Å². The molecule has 118 valence electrons. The minimum absolute atomic E-state index is 0.0193. The molecule has 3 N–H and O–H groups in total. The molecule has 8 heteroatoms. The summed E-state index contributed by atoms with van der Waals surface area (Å²) in [5.74, 6) is -1.20. The Labute approximate surface area is 123 Å². The fourth-order valence-corrected chi connectivity index (χ4v) is 2.87. The summed E-state index contributed by atoms with van der Waals surface area (Å²) < 4.78 is 31.5. The lowest BCUT2D eigenvalue weighted by molar-refractivity contribution is 0.0693. The predicted octanol–water partition coefficient (Wildman–Crippen LogP) is 0.690. The van der Waals surface area contributed by atoms with Gasteiger partial charge >= 0.3 is 5.97 Å². The molecule has 0 aromatic heterocycles. The van der Waals surface area contributed by atoms with Crippen molar-refractivity contribution in [3.8, 4) is 5.75 Å². The molecule has 7 nitrogen and oxygen atoms in total. The molecule has 0 aliphatic heterocycles. The Morgan fingerprint density at radius 3 is 2.62 bits per heavy atom. The van der Waals surface area contributed by atoms with Crippen molar-refractivity contribution in [3.63, 3.8) is 0 Å². The number of aromatic carboxylic acids is 1. The van der Waals surface area contributed by atoms with E-state index < -0.39 is 16.0 Å². The molecular weight excluding hydrogens is 298 g/mol. The van der Waals surface area contributed by atoms with Crippen LogP contribution < -0.4 is 9.46 Å². The minimum Gasteiger partial charge on any atom is -0.496 e. The highest BCUT2D eigenvalue weighted by Gasteiger charge is 2.19. The van der Waals surface area contributed by atoms with Gasteiger partial charge < -0.3 is 14.9 Å². The summed E-state index contributed by atoms with van der Waals surface area (Å²) in [7, 11) is -2.49. The number of carbonyl (C=O) groups is 1. The van der Waals surface area contributed by atoms with Crippen LogP contribution in [0.1, 0.15) is 23.7 Å². The quantitative estimate of drug-likeness (QED) is 0.650. The van der Waals surface area contributed by atoms with E-state index in [1.807, 2.05) is 0 Å². The van der Waals surface area contributed by atoms with E-state index in [1.165, 1.54) is 19.2 Å². The number of ether oxygens (including phenoxy) is 1. The standard InChI is InChI=1S/C13H19NO6S/c1-9(5-6-15)8-14-21(18,19)10-3-4-12(20-2)11(7-10)13(16)17/h3-4,7,9,14-15H,5-6,8H2,1-2H3,(H,16,17). The summed E-state index contributed by atoms with van der Waals surface area (Å²) in [5.41, 5.74) is -0.219. The number of methoxy groups -OCH3 is 1. The van der Waals surface area contributed by atoms with Crippen molar-refractivity contribution >= 4 is 16.0 Å². The Kier molecular flexibility index (Phi) is 6.13. The average Bonchev–Trinajstić information content (AvgIpc) is 2.44. The third-order valence-electron chi connectivity index (χ3n) is 2.96. The number of sulfonamides is 1. The van der Waals surface area contributed by atoms with Gasteiger partial charge in [-0.2, -0.15) is 0 Å². The molecule has 1 aromatic rings. The third kappa shape index (κ3) is 4.69. The van der Waals surface area contributed by atoms with Crippen molar-refractivity contribution in [2.45, 2.75) is 18.2 Å². The van der Waals surface area contributed by atoms with Gasteiger partial charge in [-0.1, -0.05) is 6.92 Å². The maximum Gasteiger partial charge on any atom is 0.339 e. The summed E-state index contributed by atoms with van der Waals surface area (Å²) in [6.07, 6.45) is 0.478. The molecule has 0 aliphatic carbocycles. The van der Waals surface area contributed by atoms with Crippen molar-refractivity contribution in [1.29, 1.82) is 0 Å². The molecule has 0 aliphatic rings. The van der Waals surface area contributed by atoms with Crippen LogP contribution in [0.15, 0.2) is 23.1 Å². The first-order chi connectivity index (χ1) is 9.81. The molecular formula is C13H19NO6S. The average molecular weight is 317 g/mol. The number of carboxylic acid groups (broad SMARTS) is 1. The number of aliphatic hydroxyl groups excluding tert-OH is 1. The first kappa shape index (κ1) is 17.4. The van der Waals surface area contributed by atoms with Crippen LogP contribution in [0.2, 0.25) is 0 Å². The summed E-state index contributed by atoms with van der Waals surface area (Å²) in [4.78, 5) is 10.9. The maximum atomic E-state index is 12.1. The van der Waals surface area contributed by atoms with E-state index >= 15 is 0 Å². The van der Waals surface area contributed by atoms with Crippen LogP contribution in [0.25, 0.3) is 0 Å². The van der Waals surface area contributed by atoms with Crippen LogP contribution in [-0.2, 0) is 10.0 Å². The molecule has 1 atom stereocenters. The summed E-state index contributed by atoms with van der Waals surface area (Å²) >= 11 is 0. The molecule has 0 radical (unpaired) electrons. The Bertz CT molecular complexity index is 599. The van der Waals surface area contributed by atoms with E-state index in [4.69, 9.17) is 14.9 Å². The first-order valence-electron chi connectivity index (χ1n) is 6.33. The molecule has 0 saturated heterocycles. The van der Waals surface area contributed by atoms with Gasteiger partial charge in [0.1, 0.15) is 11.3 Å². The number of aliphatic hydroxyl groups is 1. The molecule has 1 rings (SSSR count).